The van der Waals surface area contributed by atoms with Crippen LogP contribution in [0.1, 0.15) is 47.1 Å². The van der Waals surface area contributed by atoms with E-state index in [0.29, 0.717) is 17.5 Å². The van der Waals surface area contributed by atoms with E-state index in [1.54, 1.807) is 24.4 Å². The van der Waals surface area contributed by atoms with Crippen LogP contribution in [0.15, 0.2) is 89.1 Å². The van der Waals surface area contributed by atoms with Gasteiger partial charge < -0.3 is 4.74 Å². The summed E-state index contributed by atoms with van der Waals surface area (Å²) >= 11 is 1.35. The van der Waals surface area contributed by atoms with Crippen LogP contribution in [-0.4, -0.2) is 35.8 Å². The molecule has 1 saturated carbocycles. The predicted octanol–water partition coefficient (Wildman–Crippen LogP) is 6.03. The molecule has 10 heteroatoms. The monoisotopic (exact) mass is 598 g/mol. The third-order valence-corrected chi connectivity index (χ3v) is 9.05. The van der Waals surface area contributed by atoms with Gasteiger partial charge in [0.1, 0.15) is 0 Å². The van der Waals surface area contributed by atoms with Crippen LogP contribution < -0.4 is 5.14 Å². The Balaban J connectivity index is 1.49. The number of nitrogens with two attached hydrogens (primary N) is 1. The normalized spacial score (nSPS) is 13.3. The molecule has 8 nitrogen and oxygen atoms in total. The third-order valence-electron chi connectivity index (χ3n) is 7.30. The molecule has 214 valence electrons. The van der Waals surface area contributed by atoms with Gasteiger partial charge in [0.15, 0.2) is 5.69 Å². The van der Waals surface area contributed by atoms with Crippen LogP contribution in [0.25, 0.3) is 27.5 Å². The zero-order chi connectivity index (χ0) is 29.3. The number of nitrogens with zero attached hydrogens (tertiary/aromatic N) is 3. The van der Waals surface area contributed by atoms with Gasteiger partial charge in [0.05, 0.1) is 22.9 Å². The van der Waals surface area contributed by atoms with E-state index in [-0.39, 0.29) is 17.2 Å². The van der Waals surface area contributed by atoms with Crippen LogP contribution in [0.3, 0.4) is 0 Å². The van der Waals surface area contributed by atoms with E-state index < -0.39 is 16.0 Å². The molecule has 6 rings (SSSR count). The predicted molar refractivity (Wildman–Crippen MR) is 163 cm³/mol. The Morgan fingerprint density at radius 2 is 1.71 bits per heavy atom. The quantitative estimate of drug-likeness (QED) is 0.196. The largest absolute Gasteiger partial charge is 0.461 e. The Morgan fingerprint density at radius 3 is 2.40 bits per heavy atom. The lowest BCUT2D eigenvalue weighted by Gasteiger charge is -2.10. The summed E-state index contributed by atoms with van der Waals surface area (Å²) in [5, 5.41) is 12.8. The second-order valence-electron chi connectivity index (χ2n) is 10.4. The molecule has 1 aliphatic carbocycles. The lowest BCUT2D eigenvalue weighted by atomic mass is 9.95. The van der Waals surface area contributed by atoms with Crippen LogP contribution in [0.4, 0.5) is 0 Å². The molecule has 3 aromatic carbocycles. The molecule has 0 amide bonds. The number of rotatable bonds is 10. The number of ether oxygens (including phenoxy) is 1. The minimum Gasteiger partial charge on any atom is -0.461 e. The van der Waals surface area contributed by atoms with Gasteiger partial charge in [-0.15, -0.1) is 11.3 Å². The summed E-state index contributed by atoms with van der Waals surface area (Å²) in [5.41, 5.74) is 7.26. The fraction of sp³-hybridized carbons (Fsp3) is 0.219. The minimum atomic E-state index is -3.79. The lowest BCUT2D eigenvalue weighted by molar-refractivity contribution is 0.0520. The number of primary sulfonamides is 1. The number of benzene rings is 3. The SMILES string of the molecule is CCOC(=O)c1csc(-n2nc(-c3cccc(-c4ccccc4)c3)c(Cc3ccc(S(N)(=O)=O)cc3)c2CC2CC2)n1. The number of esters is 1. The Morgan fingerprint density at radius 1 is 1.00 bits per heavy atom. The maximum Gasteiger partial charge on any atom is 0.357 e. The highest BCUT2D eigenvalue weighted by Crippen LogP contribution is 2.38. The summed E-state index contributed by atoms with van der Waals surface area (Å²) in [4.78, 5) is 17.1. The molecule has 0 atom stereocenters. The number of hydrogen-bond donors (Lipinski definition) is 1. The van der Waals surface area contributed by atoms with Crippen molar-refractivity contribution < 1.29 is 17.9 Å². The maximum absolute atomic E-state index is 12.4. The molecular formula is C32H30N4O4S2. The summed E-state index contributed by atoms with van der Waals surface area (Å²) < 4.78 is 30.8. The van der Waals surface area contributed by atoms with E-state index in [0.717, 1.165) is 58.5 Å². The molecule has 2 N–H and O–H groups in total. The molecule has 1 aliphatic rings. The molecule has 0 radical (unpaired) electrons. The van der Waals surface area contributed by atoms with E-state index >= 15 is 0 Å². The molecule has 5 aromatic rings. The number of carbonyl (C=O) groups is 1. The molecular weight excluding hydrogens is 569 g/mol. The zero-order valence-corrected chi connectivity index (χ0v) is 24.7. The number of thiazole rings is 1. The van der Waals surface area contributed by atoms with Crippen LogP contribution in [0.5, 0.6) is 0 Å². The van der Waals surface area contributed by atoms with Gasteiger partial charge in [-0.05, 0) is 67.0 Å². The van der Waals surface area contributed by atoms with E-state index in [1.807, 2.05) is 28.9 Å². The Labute approximate surface area is 248 Å². The summed E-state index contributed by atoms with van der Waals surface area (Å²) in [5.74, 6) is 0.0961. The molecule has 2 aromatic heterocycles. The highest BCUT2D eigenvalue weighted by molar-refractivity contribution is 7.89. The van der Waals surface area contributed by atoms with E-state index in [1.165, 1.54) is 23.5 Å². The van der Waals surface area contributed by atoms with Crippen LogP contribution >= 0.6 is 11.3 Å². The van der Waals surface area contributed by atoms with Crippen molar-refractivity contribution in [2.75, 3.05) is 6.61 Å². The average molecular weight is 599 g/mol. The molecule has 0 saturated heterocycles. The lowest BCUT2D eigenvalue weighted by Crippen LogP contribution is -2.12. The van der Waals surface area contributed by atoms with Gasteiger partial charge in [-0.3, -0.25) is 0 Å². The number of sulfonamides is 1. The highest BCUT2D eigenvalue weighted by atomic mass is 32.2. The van der Waals surface area contributed by atoms with Gasteiger partial charge in [0.25, 0.3) is 0 Å². The second-order valence-corrected chi connectivity index (χ2v) is 12.8. The van der Waals surface area contributed by atoms with Gasteiger partial charge in [-0.25, -0.2) is 28.0 Å². The van der Waals surface area contributed by atoms with Gasteiger partial charge in [-0.2, -0.15) is 5.10 Å². The van der Waals surface area contributed by atoms with Gasteiger partial charge >= 0.3 is 5.97 Å². The van der Waals surface area contributed by atoms with Gasteiger partial charge in [0, 0.05) is 22.9 Å². The second kappa shape index (κ2) is 11.6. The van der Waals surface area contributed by atoms with Gasteiger partial charge in [-0.1, -0.05) is 60.7 Å². The standard InChI is InChI=1S/C32H30N4O4S2/c1-2-40-31(37)28-20-41-32(34-28)36-29(18-22-11-12-22)27(17-21-13-15-26(16-14-21)42(33,38)39)30(35-36)25-10-6-9-24(19-25)23-7-4-3-5-8-23/h3-10,13-16,19-20,22H,2,11-12,17-18H2,1H3,(H2,33,38,39). The molecule has 1 fully saturated rings. The number of aromatic nitrogens is 3. The first-order valence-electron chi connectivity index (χ1n) is 13.8. The van der Waals surface area contributed by atoms with Crippen molar-refractivity contribution in [1.29, 1.82) is 0 Å². The fourth-order valence-corrected chi connectivity index (χ4v) is 6.29. The van der Waals surface area contributed by atoms with Crippen LogP contribution in [0, 0.1) is 5.92 Å². The van der Waals surface area contributed by atoms with Crippen molar-refractivity contribution in [1.82, 2.24) is 14.8 Å². The third kappa shape index (κ3) is 6.06. The van der Waals surface area contributed by atoms with E-state index in [9.17, 15) is 13.2 Å². The molecule has 0 aliphatic heterocycles. The Kier molecular flexibility index (Phi) is 7.76. The van der Waals surface area contributed by atoms with Crippen molar-refractivity contribution in [3.63, 3.8) is 0 Å². The van der Waals surface area contributed by atoms with Crippen molar-refractivity contribution in [2.24, 2.45) is 11.1 Å². The molecule has 0 unspecified atom stereocenters. The van der Waals surface area contributed by atoms with Gasteiger partial charge in [0.2, 0.25) is 15.2 Å². The summed E-state index contributed by atoms with van der Waals surface area (Å²) in [6.07, 6.45) is 3.66. The Bertz CT molecular complexity index is 1840. The van der Waals surface area contributed by atoms with E-state index in [4.69, 9.17) is 15.0 Å². The summed E-state index contributed by atoms with van der Waals surface area (Å²) in [6, 6.07) is 25.2. The fourth-order valence-electron chi connectivity index (χ4n) is 5.00. The smallest absolute Gasteiger partial charge is 0.357 e. The summed E-state index contributed by atoms with van der Waals surface area (Å²) in [7, 11) is -3.79. The average Bonchev–Trinajstić information content (AvgIpc) is 3.56. The first-order valence-corrected chi connectivity index (χ1v) is 16.2. The van der Waals surface area contributed by atoms with E-state index in [2.05, 4.69) is 35.3 Å². The maximum atomic E-state index is 12.4. The Hall–Kier alpha value is -4.12. The van der Waals surface area contributed by atoms with Crippen molar-refractivity contribution in [3.05, 3.63) is 107 Å². The molecule has 0 bridgehead atoms. The van der Waals surface area contributed by atoms with Crippen LogP contribution in [-0.2, 0) is 27.6 Å². The van der Waals surface area contributed by atoms with Crippen LogP contribution in [0.2, 0.25) is 0 Å². The van der Waals surface area contributed by atoms with Crippen molar-refractivity contribution in [2.45, 2.75) is 37.5 Å². The highest BCUT2D eigenvalue weighted by Gasteiger charge is 2.29. The van der Waals surface area contributed by atoms with Crippen molar-refractivity contribution in [3.8, 4) is 27.5 Å². The number of carbonyl (C=O) groups excluding carboxylic acids is 1. The van der Waals surface area contributed by atoms with Crippen molar-refractivity contribution >= 4 is 27.3 Å². The zero-order valence-electron chi connectivity index (χ0n) is 23.1. The topological polar surface area (TPSA) is 117 Å². The number of hydrogen-bond acceptors (Lipinski definition) is 7. The molecule has 42 heavy (non-hydrogen) atoms. The molecule has 0 spiro atoms. The first-order chi connectivity index (χ1) is 20.3. The minimum absolute atomic E-state index is 0.0743. The molecule has 2 heterocycles. The first kappa shape index (κ1) is 28.0. The summed E-state index contributed by atoms with van der Waals surface area (Å²) in [6.45, 7) is 2.04.